The van der Waals surface area contributed by atoms with Gasteiger partial charge in [-0.2, -0.15) is 0 Å². The summed E-state index contributed by atoms with van der Waals surface area (Å²) in [6, 6.07) is 11.7. The molecule has 2 saturated heterocycles. The van der Waals surface area contributed by atoms with Crippen molar-refractivity contribution in [2.75, 3.05) is 44.7 Å². The van der Waals surface area contributed by atoms with E-state index in [1.54, 1.807) is 13.0 Å². The molecule has 1 N–H and O–H groups in total. The molecule has 9 nitrogen and oxygen atoms in total. The van der Waals surface area contributed by atoms with Gasteiger partial charge in [0.1, 0.15) is 18.0 Å². The summed E-state index contributed by atoms with van der Waals surface area (Å²) in [6.45, 7) is 7.56. The number of fused-ring (bicyclic) bond motifs is 5. The maximum Gasteiger partial charge on any atom is 0.264 e. The lowest BCUT2D eigenvalue weighted by Crippen LogP contribution is -2.50. The Morgan fingerprint density at radius 2 is 1.73 bits per heavy atom. The van der Waals surface area contributed by atoms with Gasteiger partial charge in [0.2, 0.25) is 10.0 Å². The second-order valence-corrected chi connectivity index (χ2v) is 18.5. The normalized spacial score (nSPS) is 37.6. The lowest BCUT2D eigenvalue weighted by Gasteiger charge is -2.47. The van der Waals surface area contributed by atoms with E-state index in [-0.39, 0.29) is 35.7 Å². The molecule has 9 atom stereocenters. The summed E-state index contributed by atoms with van der Waals surface area (Å²) in [6.07, 6.45) is 7.81. The molecular formula is C38H50ClN3O6S. The molecule has 3 fully saturated rings. The molecule has 4 aliphatic heterocycles. The quantitative estimate of drug-likeness (QED) is 0.398. The first-order valence-electron chi connectivity index (χ1n) is 18.4. The Bertz CT molecular complexity index is 1690. The van der Waals surface area contributed by atoms with Gasteiger partial charge in [-0.25, -0.2) is 13.1 Å². The SMILES string of the molecule is C[C@@H]1[C@@H](C)CCC[C@H]([C@H]2O[C@H]3CN(C)C[C@H]3O2)[C@@H]2CC[C@H]2CN2C[C@@]3(CCCc4cc(Cl)ccc43)COc3ccc(cc32)C(=O)NS1(=O)=O. The minimum Gasteiger partial charge on any atom is -0.490 e. The molecule has 2 aromatic carbocycles. The first-order valence-corrected chi connectivity index (χ1v) is 20.3. The lowest BCUT2D eigenvalue weighted by atomic mass is 9.64. The Balaban J connectivity index is 1.17. The number of carbonyl (C=O) groups is 1. The molecular weight excluding hydrogens is 662 g/mol. The summed E-state index contributed by atoms with van der Waals surface area (Å²) in [5.41, 5.74) is 3.51. The number of halogens is 1. The molecule has 0 radical (unpaired) electrons. The zero-order valence-corrected chi connectivity index (χ0v) is 30.5. The summed E-state index contributed by atoms with van der Waals surface area (Å²) in [7, 11) is -1.78. The van der Waals surface area contributed by atoms with Crippen LogP contribution in [0.1, 0.15) is 80.3 Å². The number of rotatable bonds is 1. The third-order valence-electron chi connectivity index (χ3n) is 12.9. The van der Waals surface area contributed by atoms with Crippen LogP contribution in [0.15, 0.2) is 36.4 Å². The minimum absolute atomic E-state index is 0.106. The lowest BCUT2D eigenvalue weighted by molar-refractivity contribution is -0.146. The van der Waals surface area contributed by atoms with Crippen molar-refractivity contribution in [1.29, 1.82) is 0 Å². The highest BCUT2D eigenvalue weighted by atomic mass is 35.5. The van der Waals surface area contributed by atoms with E-state index in [0.717, 1.165) is 94.0 Å². The van der Waals surface area contributed by atoms with Crippen LogP contribution in [0.2, 0.25) is 5.02 Å². The zero-order chi connectivity index (χ0) is 34.1. The van der Waals surface area contributed by atoms with Gasteiger partial charge in [0.05, 0.1) is 17.5 Å². The van der Waals surface area contributed by atoms with Crippen molar-refractivity contribution in [1.82, 2.24) is 9.62 Å². The predicted octanol–water partition coefficient (Wildman–Crippen LogP) is 5.78. The number of anilines is 1. The van der Waals surface area contributed by atoms with Gasteiger partial charge in [-0.3, -0.25) is 4.79 Å². The van der Waals surface area contributed by atoms with E-state index < -0.39 is 21.2 Å². The summed E-state index contributed by atoms with van der Waals surface area (Å²) in [5, 5.41) is 0.0389. The molecule has 0 aromatic heterocycles. The number of likely N-dealkylation sites (N-methyl/N-ethyl adjacent to an activating group) is 1. The van der Waals surface area contributed by atoms with Crippen molar-refractivity contribution in [2.45, 2.75) is 94.4 Å². The predicted molar refractivity (Wildman–Crippen MR) is 190 cm³/mol. The van der Waals surface area contributed by atoms with Crippen LogP contribution >= 0.6 is 11.6 Å². The number of likely N-dealkylation sites (tertiary alicyclic amines) is 1. The van der Waals surface area contributed by atoms with E-state index in [0.29, 0.717) is 24.0 Å². The van der Waals surface area contributed by atoms with Crippen molar-refractivity contribution >= 4 is 33.2 Å². The van der Waals surface area contributed by atoms with Crippen LogP contribution in [0.25, 0.3) is 0 Å². The van der Waals surface area contributed by atoms with Gasteiger partial charge in [-0.1, -0.05) is 31.0 Å². The van der Waals surface area contributed by atoms with Gasteiger partial charge in [-0.15, -0.1) is 0 Å². The third-order valence-corrected chi connectivity index (χ3v) is 15.0. The van der Waals surface area contributed by atoms with Crippen LogP contribution in [0.3, 0.4) is 0 Å². The van der Waals surface area contributed by atoms with E-state index in [4.69, 9.17) is 25.8 Å². The highest BCUT2D eigenvalue weighted by molar-refractivity contribution is 7.90. The smallest absolute Gasteiger partial charge is 0.264 e. The van der Waals surface area contributed by atoms with Crippen LogP contribution in [-0.4, -0.2) is 82.8 Å². The van der Waals surface area contributed by atoms with Crippen molar-refractivity contribution < 1.29 is 27.4 Å². The second-order valence-electron chi connectivity index (χ2n) is 16.0. The number of ether oxygens (including phenoxy) is 3. The Kier molecular flexibility index (Phi) is 8.95. The Morgan fingerprint density at radius 1 is 0.939 bits per heavy atom. The molecule has 266 valence electrons. The molecule has 6 aliphatic rings. The molecule has 1 amide bonds. The number of amides is 1. The Hall–Kier alpha value is -2.37. The highest BCUT2D eigenvalue weighted by Gasteiger charge is 2.50. The zero-order valence-electron chi connectivity index (χ0n) is 28.9. The molecule has 2 aromatic rings. The van der Waals surface area contributed by atoms with Crippen molar-refractivity contribution in [3.63, 3.8) is 0 Å². The largest absolute Gasteiger partial charge is 0.490 e. The van der Waals surface area contributed by atoms with Gasteiger partial charge in [0.25, 0.3) is 5.91 Å². The monoisotopic (exact) mass is 711 g/mol. The molecule has 2 aliphatic carbocycles. The fourth-order valence-corrected chi connectivity index (χ4v) is 11.2. The average molecular weight is 712 g/mol. The van der Waals surface area contributed by atoms with Gasteiger partial charge in [0, 0.05) is 48.1 Å². The number of nitrogens with zero attached hydrogens (tertiary/aromatic N) is 2. The molecule has 1 saturated carbocycles. The number of sulfonamides is 1. The summed E-state index contributed by atoms with van der Waals surface area (Å²) >= 11 is 6.48. The standard InChI is InChI=1S/C38H50ClN3O6S/c1-23-6-4-8-30(37-47-34-19-41(3)20-35(34)48-37)29-12-9-27(29)18-42-21-38(15-5-7-25-16-28(39)11-13-31(25)38)22-46-33-14-10-26(17-32(33)42)36(43)40-49(44,45)24(23)2/h10-11,13-14,16-17,23-24,27,29-30,34-35,37H,4-9,12,15,18-22H2,1-3H3,(H,40,43)/t23-,24+,27-,29+,30-,34-,35+,37-,38-/m0/s1. The Morgan fingerprint density at radius 3 is 2.49 bits per heavy atom. The maximum absolute atomic E-state index is 13.6. The molecule has 2 bridgehead atoms. The molecule has 4 heterocycles. The molecule has 0 unspecified atom stereocenters. The van der Waals surface area contributed by atoms with Crippen molar-refractivity contribution in [3.8, 4) is 5.75 Å². The first kappa shape index (κ1) is 33.8. The third kappa shape index (κ3) is 6.28. The minimum atomic E-state index is -3.90. The number of hydrogen-bond acceptors (Lipinski definition) is 8. The van der Waals surface area contributed by atoms with Gasteiger partial charge in [0.15, 0.2) is 6.29 Å². The topological polar surface area (TPSA) is 97.4 Å². The van der Waals surface area contributed by atoms with Crippen molar-refractivity contribution in [2.24, 2.45) is 23.7 Å². The van der Waals surface area contributed by atoms with E-state index >= 15 is 0 Å². The van der Waals surface area contributed by atoms with E-state index in [9.17, 15) is 13.2 Å². The van der Waals surface area contributed by atoms with E-state index in [2.05, 4.69) is 33.7 Å². The fourth-order valence-electron chi connectivity index (χ4n) is 9.74. The summed E-state index contributed by atoms with van der Waals surface area (Å²) < 4.78 is 49.4. The molecule has 1 spiro atoms. The number of hydrogen-bond donors (Lipinski definition) is 1. The number of nitrogens with one attached hydrogen (secondary N) is 1. The summed E-state index contributed by atoms with van der Waals surface area (Å²) in [4.78, 5) is 18.3. The average Bonchev–Trinajstić information content (AvgIpc) is 3.56. The van der Waals surface area contributed by atoms with Crippen LogP contribution in [-0.2, 0) is 31.3 Å². The first-order chi connectivity index (χ1) is 23.5. The maximum atomic E-state index is 13.6. The van der Waals surface area contributed by atoms with Crippen molar-refractivity contribution in [3.05, 3.63) is 58.1 Å². The number of carbonyl (C=O) groups excluding carboxylic acids is 1. The van der Waals surface area contributed by atoms with Crippen LogP contribution in [0, 0.1) is 23.7 Å². The van der Waals surface area contributed by atoms with Crippen LogP contribution in [0.4, 0.5) is 5.69 Å². The number of aryl methyl sites for hydroxylation is 1. The fraction of sp³-hybridized carbons (Fsp3) is 0.658. The van der Waals surface area contributed by atoms with Gasteiger partial charge in [-0.05, 0) is 118 Å². The van der Waals surface area contributed by atoms with E-state index in [1.807, 2.05) is 25.1 Å². The van der Waals surface area contributed by atoms with Gasteiger partial charge < -0.3 is 24.0 Å². The van der Waals surface area contributed by atoms with E-state index in [1.165, 1.54) is 11.1 Å². The summed E-state index contributed by atoms with van der Waals surface area (Å²) in [5.74, 6) is 1.11. The van der Waals surface area contributed by atoms with Crippen LogP contribution < -0.4 is 14.4 Å². The van der Waals surface area contributed by atoms with Gasteiger partial charge >= 0.3 is 0 Å². The number of benzene rings is 2. The molecule has 49 heavy (non-hydrogen) atoms. The van der Waals surface area contributed by atoms with Crippen LogP contribution in [0.5, 0.6) is 5.75 Å². The molecule has 11 heteroatoms. The Labute approximate surface area is 296 Å². The second kappa shape index (κ2) is 13.0. The highest BCUT2D eigenvalue weighted by Crippen LogP contribution is 2.50. The molecule has 8 rings (SSSR count).